The molecule has 1 N–H and O–H groups in total. The Morgan fingerprint density at radius 3 is 2.00 bits per heavy atom. The van der Waals surface area contributed by atoms with Gasteiger partial charge in [0.25, 0.3) is 0 Å². The molecule has 0 heterocycles. The predicted molar refractivity (Wildman–Crippen MR) is 38.7 cm³/mol. The fraction of sp³-hybridized carbons (Fsp3) is 0.250. The summed E-state index contributed by atoms with van der Waals surface area (Å²) in [6, 6.07) is 0. The maximum Gasteiger partial charge on any atom is 0.206 e. The van der Waals surface area contributed by atoms with Gasteiger partial charge in [-0.05, 0) is 0 Å². The number of ether oxygens (including phenoxy) is 1. The van der Waals surface area contributed by atoms with Gasteiger partial charge < -0.3 is 9.84 Å². The highest BCUT2D eigenvalue weighted by molar-refractivity contribution is 5.34. The van der Waals surface area contributed by atoms with Gasteiger partial charge >= 0.3 is 0 Å². The van der Waals surface area contributed by atoms with Crippen molar-refractivity contribution in [3.8, 4) is 5.75 Å². The molecule has 1 aromatic rings. The Morgan fingerprint density at radius 2 is 1.57 bits per heavy atom. The predicted octanol–water partition coefficient (Wildman–Crippen LogP) is 1.74. The van der Waals surface area contributed by atoms with Crippen molar-refractivity contribution >= 4 is 0 Å². The lowest BCUT2D eigenvalue weighted by molar-refractivity contribution is 0.256. The van der Waals surface area contributed by atoms with Crippen molar-refractivity contribution in [1.29, 1.82) is 0 Å². The molecule has 14 heavy (non-hydrogen) atoms. The summed E-state index contributed by atoms with van der Waals surface area (Å²) in [6.45, 7) is -1.08. The molecular weight excluding hydrogens is 204 g/mol. The molecule has 1 aromatic carbocycles. The lowest BCUT2D eigenvalue weighted by Crippen LogP contribution is -2.06. The summed E-state index contributed by atoms with van der Waals surface area (Å²) in [6.07, 6.45) is 0. The Kier molecular flexibility index (Phi) is 2.95. The van der Waals surface area contributed by atoms with Crippen molar-refractivity contribution in [2.45, 2.75) is 6.61 Å². The number of benzene rings is 1. The minimum atomic E-state index is -1.87. The van der Waals surface area contributed by atoms with Gasteiger partial charge in [-0.2, -0.15) is 4.39 Å². The molecular formula is C8H6F4O2. The minimum Gasteiger partial charge on any atom is -0.491 e. The molecule has 0 saturated heterocycles. The van der Waals surface area contributed by atoms with Crippen LogP contribution in [0.25, 0.3) is 0 Å². The molecule has 0 amide bonds. The van der Waals surface area contributed by atoms with E-state index in [-0.39, 0.29) is 0 Å². The van der Waals surface area contributed by atoms with Gasteiger partial charge in [0.05, 0.1) is 19.3 Å². The zero-order chi connectivity index (χ0) is 10.9. The van der Waals surface area contributed by atoms with E-state index in [2.05, 4.69) is 4.74 Å². The average molecular weight is 210 g/mol. The molecule has 0 fully saturated rings. The van der Waals surface area contributed by atoms with E-state index in [1.807, 2.05) is 0 Å². The molecule has 0 aliphatic rings. The second-order valence-electron chi connectivity index (χ2n) is 2.43. The van der Waals surface area contributed by atoms with Gasteiger partial charge in [-0.15, -0.1) is 0 Å². The summed E-state index contributed by atoms with van der Waals surface area (Å²) in [5.74, 6) is -7.85. The molecule has 0 unspecified atom stereocenters. The van der Waals surface area contributed by atoms with Crippen LogP contribution in [0.1, 0.15) is 5.56 Å². The third kappa shape index (κ3) is 1.41. The molecule has 2 nitrogen and oxygen atoms in total. The van der Waals surface area contributed by atoms with Crippen LogP contribution in [0.3, 0.4) is 0 Å². The third-order valence-corrected chi connectivity index (χ3v) is 1.68. The van der Waals surface area contributed by atoms with Gasteiger partial charge in [0.2, 0.25) is 5.82 Å². The first-order valence-electron chi connectivity index (χ1n) is 3.54. The summed E-state index contributed by atoms with van der Waals surface area (Å²) >= 11 is 0. The monoisotopic (exact) mass is 210 g/mol. The topological polar surface area (TPSA) is 29.5 Å². The van der Waals surface area contributed by atoms with Crippen molar-refractivity contribution in [2.24, 2.45) is 0 Å². The first-order chi connectivity index (χ1) is 6.54. The summed E-state index contributed by atoms with van der Waals surface area (Å²) in [5.41, 5.74) is -0.958. The van der Waals surface area contributed by atoms with Crippen LogP contribution >= 0.6 is 0 Å². The van der Waals surface area contributed by atoms with Gasteiger partial charge in [0.15, 0.2) is 23.2 Å². The van der Waals surface area contributed by atoms with E-state index in [0.29, 0.717) is 0 Å². The van der Waals surface area contributed by atoms with Crippen LogP contribution in [0.5, 0.6) is 5.75 Å². The molecule has 0 spiro atoms. The van der Waals surface area contributed by atoms with Crippen LogP contribution < -0.4 is 4.74 Å². The van der Waals surface area contributed by atoms with Crippen LogP contribution in [0.4, 0.5) is 17.6 Å². The second kappa shape index (κ2) is 3.83. The van der Waals surface area contributed by atoms with Crippen LogP contribution in [0.2, 0.25) is 0 Å². The van der Waals surface area contributed by atoms with Gasteiger partial charge in [-0.25, -0.2) is 13.2 Å². The fourth-order valence-corrected chi connectivity index (χ4v) is 0.976. The zero-order valence-corrected chi connectivity index (χ0v) is 7.07. The average Bonchev–Trinajstić information content (AvgIpc) is 2.16. The van der Waals surface area contributed by atoms with E-state index in [1.54, 1.807) is 0 Å². The highest BCUT2D eigenvalue weighted by Gasteiger charge is 2.25. The number of methoxy groups -OCH3 is 1. The maximum absolute atomic E-state index is 13.0. The molecule has 0 aliphatic carbocycles. The highest BCUT2D eigenvalue weighted by atomic mass is 19.2. The van der Waals surface area contributed by atoms with Crippen LogP contribution in [-0.2, 0) is 6.61 Å². The molecule has 6 heteroatoms. The molecule has 0 atom stereocenters. The van der Waals surface area contributed by atoms with Gasteiger partial charge in [-0.1, -0.05) is 0 Å². The largest absolute Gasteiger partial charge is 0.491 e. The van der Waals surface area contributed by atoms with E-state index in [0.717, 1.165) is 7.11 Å². The summed E-state index contributed by atoms with van der Waals surface area (Å²) in [5, 5.41) is 8.51. The first-order valence-corrected chi connectivity index (χ1v) is 3.54. The van der Waals surface area contributed by atoms with Gasteiger partial charge in [0, 0.05) is 0 Å². The molecule has 0 saturated carbocycles. The third-order valence-electron chi connectivity index (χ3n) is 1.68. The molecule has 78 valence electrons. The number of hydrogen-bond acceptors (Lipinski definition) is 2. The minimum absolute atomic E-state index is 0.903. The summed E-state index contributed by atoms with van der Waals surface area (Å²) in [4.78, 5) is 0. The Balaban J connectivity index is 3.56. The fourth-order valence-electron chi connectivity index (χ4n) is 0.976. The van der Waals surface area contributed by atoms with E-state index in [9.17, 15) is 17.6 Å². The number of halogens is 4. The van der Waals surface area contributed by atoms with E-state index in [1.165, 1.54) is 0 Å². The first kappa shape index (κ1) is 10.8. The quantitative estimate of drug-likeness (QED) is 0.457. The Bertz CT molecular complexity index is 334. The normalized spacial score (nSPS) is 10.4. The standard InChI is InChI=1S/C8H6F4O2/c1-14-8-5(10)3(2-13)4(9)6(11)7(8)12/h13H,2H2,1H3. The van der Waals surface area contributed by atoms with E-state index in [4.69, 9.17) is 5.11 Å². The number of aliphatic hydroxyl groups excluding tert-OH is 1. The van der Waals surface area contributed by atoms with E-state index >= 15 is 0 Å². The zero-order valence-electron chi connectivity index (χ0n) is 7.07. The SMILES string of the molecule is COc1c(F)c(F)c(F)c(CO)c1F. The Morgan fingerprint density at radius 1 is 1.00 bits per heavy atom. The molecule has 0 aromatic heterocycles. The maximum atomic E-state index is 13.0. The van der Waals surface area contributed by atoms with Crippen molar-refractivity contribution in [3.63, 3.8) is 0 Å². The van der Waals surface area contributed by atoms with Crippen molar-refractivity contribution < 1.29 is 27.4 Å². The van der Waals surface area contributed by atoms with Gasteiger partial charge in [0.1, 0.15) is 0 Å². The van der Waals surface area contributed by atoms with Crippen molar-refractivity contribution in [3.05, 3.63) is 28.8 Å². The second-order valence-corrected chi connectivity index (χ2v) is 2.43. The molecule has 0 bridgehead atoms. The number of aliphatic hydroxyl groups is 1. The summed E-state index contributed by atoms with van der Waals surface area (Å²) < 4.78 is 55.5. The van der Waals surface area contributed by atoms with Crippen LogP contribution in [-0.4, -0.2) is 12.2 Å². The van der Waals surface area contributed by atoms with Crippen LogP contribution in [0.15, 0.2) is 0 Å². The Hall–Kier alpha value is -1.30. The molecule has 0 aliphatic heterocycles. The lowest BCUT2D eigenvalue weighted by Gasteiger charge is -2.08. The number of hydrogen-bond donors (Lipinski definition) is 1. The lowest BCUT2D eigenvalue weighted by atomic mass is 10.1. The van der Waals surface area contributed by atoms with Crippen molar-refractivity contribution in [2.75, 3.05) is 7.11 Å². The summed E-state index contributed by atoms with van der Waals surface area (Å²) in [7, 11) is 0.903. The number of rotatable bonds is 2. The van der Waals surface area contributed by atoms with Gasteiger partial charge in [-0.3, -0.25) is 0 Å². The highest BCUT2D eigenvalue weighted by Crippen LogP contribution is 2.29. The van der Waals surface area contributed by atoms with Crippen LogP contribution in [0, 0.1) is 23.3 Å². The molecule has 1 rings (SSSR count). The van der Waals surface area contributed by atoms with E-state index < -0.39 is 41.2 Å². The molecule has 0 radical (unpaired) electrons. The van der Waals surface area contributed by atoms with Crippen molar-refractivity contribution in [1.82, 2.24) is 0 Å². The Labute approximate surface area is 76.7 Å². The smallest absolute Gasteiger partial charge is 0.206 e.